The number of carbonyl (C=O) groups excluding carboxylic acids is 2. The van der Waals surface area contributed by atoms with Crippen molar-refractivity contribution in [1.29, 1.82) is 0 Å². The maximum Gasteiger partial charge on any atom is 0.258 e. The number of benzene rings is 2. The summed E-state index contributed by atoms with van der Waals surface area (Å²) in [6.07, 6.45) is -1.60. The highest BCUT2D eigenvalue weighted by Gasteiger charge is 2.63. The Morgan fingerprint density at radius 1 is 1.17 bits per heavy atom. The summed E-state index contributed by atoms with van der Waals surface area (Å²) >= 11 is 5.68. The maximum atomic E-state index is 13.4. The van der Waals surface area contributed by atoms with Crippen LogP contribution in [0.15, 0.2) is 65.6 Å². The van der Waals surface area contributed by atoms with Crippen LogP contribution in [0.2, 0.25) is 0 Å². The molecule has 0 aliphatic carbocycles. The zero-order chi connectivity index (χ0) is 21.8. The van der Waals surface area contributed by atoms with E-state index in [2.05, 4.69) is 10.6 Å². The summed E-state index contributed by atoms with van der Waals surface area (Å²) in [6.45, 7) is -0.409. The normalized spacial score (nSPS) is 21.8. The Bertz CT molecular complexity index is 1000. The fourth-order valence-corrected chi connectivity index (χ4v) is 5.42. The van der Waals surface area contributed by atoms with E-state index in [1.165, 1.54) is 12.1 Å². The lowest BCUT2D eigenvalue weighted by atomic mass is 9.92. The van der Waals surface area contributed by atoms with Crippen molar-refractivity contribution in [3.05, 3.63) is 60.7 Å². The minimum absolute atomic E-state index is 0.0495. The van der Waals surface area contributed by atoms with E-state index in [0.717, 1.165) is 0 Å². The highest BCUT2D eigenvalue weighted by Crippen LogP contribution is 2.37. The lowest BCUT2D eigenvalue weighted by Crippen LogP contribution is -2.81. The summed E-state index contributed by atoms with van der Waals surface area (Å²) < 4.78 is 32.1. The fourth-order valence-electron chi connectivity index (χ4n) is 3.25. The molecule has 3 N–H and O–H groups in total. The Morgan fingerprint density at radius 2 is 1.77 bits per heavy atom. The second kappa shape index (κ2) is 9.03. The van der Waals surface area contributed by atoms with Gasteiger partial charge in [0.05, 0.1) is 11.0 Å². The van der Waals surface area contributed by atoms with E-state index >= 15 is 0 Å². The van der Waals surface area contributed by atoms with Crippen LogP contribution in [-0.2, 0) is 19.4 Å². The number of para-hydroxylation sites is 1. The molecule has 2 aromatic carbocycles. The number of rotatable bonds is 9. The smallest absolute Gasteiger partial charge is 0.258 e. The molecular weight excluding hydrogens is 432 g/mol. The van der Waals surface area contributed by atoms with E-state index < -0.39 is 45.3 Å². The molecule has 30 heavy (non-hydrogen) atoms. The number of alkyl halides is 1. The first-order chi connectivity index (χ1) is 14.3. The molecular formula is C20H21ClN2O6S. The third-order valence-corrected chi connectivity index (χ3v) is 7.44. The topological polar surface area (TPSA) is 122 Å². The number of sulfone groups is 1. The Balaban J connectivity index is 1.83. The van der Waals surface area contributed by atoms with Crippen molar-refractivity contribution >= 4 is 33.3 Å². The predicted octanol–water partition coefficient (Wildman–Crippen LogP) is 0.840. The quantitative estimate of drug-likeness (QED) is 0.383. The van der Waals surface area contributed by atoms with Gasteiger partial charge in [-0.25, -0.2) is 8.42 Å². The second-order valence-corrected chi connectivity index (χ2v) is 9.33. The lowest BCUT2D eigenvalue weighted by Gasteiger charge is -2.48. The zero-order valence-electron chi connectivity index (χ0n) is 15.8. The van der Waals surface area contributed by atoms with Gasteiger partial charge in [0.25, 0.3) is 5.91 Å². The van der Waals surface area contributed by atoms with Gasteiger partial charge in [0.15, 0.2) is 11.5 Å². The van der Waals surface area contributed by atoms with Crippen LogP contribution in [0.3, 0.4) is 0 Å². The van der Waals surface area contributed by atoms with Crippen molar-refractivity contribution in [1.82, 2.24) is 10.6 Å². The largest absolute Gasteiger partial charge is 0.484 e. The van der Waals surface area contributed by atoms with Crippen LogP contribution in [0.25, 0.3) is 0 Å². The van der Waals surface area contributed by atoms with Crippen LogP contribution >= 0.6 is 11.6 Å². The molecule has 0 aromatic heterocycles. The van der Waals surface area contributed by atoms with E-state index in [1.807, 2.05) is 0 Å². The van der Waals surface area contributed by atoms with Crippen LogP contribution in [0.5, 0.6) is 5.75 Å². The standard InChI is InChI=1S/C20H21ClN2O6S/c21-12-14(24)11-20(30(27,28)16-9-5-2-6-10-16)18(19(26)23-20)22-17(25)13-29-15-7-3-1-4-8-15/h1-10,14,18,24H,11-13H2,(H,22,25)(H,23,26)/t14?,18-,20+/m1/s1. The molecule has 10 heteroatoms. The van der Waals surface area contributed by atoms with Crippen molar-refractivity contribution in [3.8, 4) is 5.75 Å². The molecule has 1 fully saturated rings. The van der Waals surface area contributed by atoms with E-state index in [-0.39, 0.29) is 17.2 Å². The Labute approximate surface area is 179 Å². The minimum Gasteiger partial charge on any atom is -0.484 e. The molecule has 3 rings (SSSR count). The molecule has 0 radical (unpaired) electrons. The average Bonchev–Trinajstić information content (AvgIpc) is 2.76. The van der Waals surface area contributed by atoms with Gasteiger partial charge < -0.3 is 20.5 Å². The van der Waals surface area contributed by atoms with Gasteiger partial charge in [-0.3, -0.25) is 9.59 Å². The summed E-state index contributed by atoms with van der Waals surface area (Å²) in [5.74, 6) is -1.14. The number of halogens is 1. The number of hydrogen-bond donors (Lipinski definition) is 3. The van der Waals surface area contributed by atoms with Crippen molar-refractivity contribution in [2.24, 2.45) is 0 Å². The molecule has 0 spiro atoms. The van der Waals surface area contributed by atoms with Gasteiger partial charge in [-0.1, -0.05) is 36.4 Å². The van der Waals surface area contributed by atoms with Gasteiger partial charge in [0.1, 0.15) is 11.8 Å². The Hall–Kier alpha value is -2.62. The van der Waals surface area contributed by atoms with E-state index in [9.17, 15) is 23.1 Å². The van der Waals surface area contributed by atoms with Gasteiger partial charge in [0.2, 0.25) is 15.7 Å². The molecule has 1 unspecified atom stereocenters. The van der Waals surface area contributed by atoms with E-state index in [1.54, 1.807) is 48.5 Å². The monoisotopic (exact) mass is 452 g/mol. The second-order valence-electron chi connectivity index (χ2n) is 6.81. The number of hydrogen-bond acceptors (Lipinski definition) is 6. The number of ether oxygens (including phenoxy) is 1. The third-order valence-electron chi connectivity index (χ3n) is 4.73. The van der Waals surface area contributed by atoms with Crippen molar-refractivity contribution in [3.63, 3.8) is 0 Å². The highest BCUT2D eigenvalue weighted by molar-refractivity contribution is 7.93. The Kier molecular flexibility index (Phi) is 6.64. The molecule has 1 aliphatic rings. The Morgan fingerprint density at radius 3 is 2.33 bits per heavy atom. The predicted molar refractivity (Wildman–Crippen MR) is 110 cm³/mol. The molecule has 3 atom stereocenters. The van der Waals surface area contributed by atoms with Crippen LogP contribution in [-0.4, -0.2) is 54.8 Å². The summed E-state index contributed by atoms with van der Waals surface area (Å²) in [6, 6.07) is 14.7. The molecule has 1 heterocycles. The summed E-state index contributed by atoms with van der Waals surface area (Å²) in [5.41, 5.74) is 0. The van der Waals surface area contributed by atoms with Crippen LogP contribution in [0, 0.1) is 0 Å². The first-order valence-electron chi connectivity index (χ1n) is 9.13. The molecule has 0 bridgehead atoms. The number of β-lactam (4-membered cyclic amide) rings is 1. The van der Waals surface area contributed by atoms with Gasteiger partial charge in [-0.15, -0.1) is 11.6 Å². The van der Waals surface area contributed by atoms with Gasteiger partial charge in [0, 0.05) is 12.3 Å². The average molecular weight is 453 g/mol. The number of carbonyl (C=O) groups is 2. The molecule has 2 amide bonds. The van der Waals surface area contributed by atoms with Crippen LogP contribution in [0.1, 0.15) is 6.42 Å². The first-order valence-corrected chi connectivity index (χ1v) is 11.1. The maximum absolute atomic E-state index is 13.4. The first kappa shape index (κ1) is 22.1. The molecule has 0 saturated carbocycles. The summed E-state index contributed by atoms with van der Waals surface area (Å²) in [5, 5.41) is 14.9. The minimum atomic E-state index is -4.17. The van der Waals surface area contributed by atoms with Crippen LogP contribution in [0.4, 0.5) is 0 Å². The SMILES string of the molecule is O=C(COc1ccccc1)N[C@@H]1C(=O)N[C@@]1(CC(O)CCl)S(=O)(=O)c1ccccc1. The fraction of sp³-hybridized carbons (Fsp3) is 0.300. The highest BCUT2D eigenvalue weighted by atomic mass is 35.5. The number of aliphatic hydroxyl groups is 1. The lowest BCUT2D eigenvalue weighted by molar-refractivity contribution is -0.139. The van der Waals surface area contributed by atoms with Crippen molar-refractivity contribution in [2.45, 2.75) is 28.3 Å². The van der Waals surface area contributed by atoms with Crippen LogP contribution < -0.4 is 15.4 Å². The summed E-state index contributed by atoms with van der Waals surface area (Å²) in [7, 11) is -4.17. The molecule has 2 aromatic rings. The number of aliphatic hydroxyl groups excluding tert-OH is 1. The van der Waals surface area contributed by atoms with Crippen molar-refractivity contribution in [2.75, 3.05) is 12.5 Å². The summed E-state index contributed by atoms with van der Waals surface area (Å²) in [4.78, 5) is 22.7. The van der Waals surface area contributed by atoms with Gasteiger partial charge >= 0.3 is 0 Å². The van der Waals surface area contributed by atoms with Gasteiger partial charge in [-0.05, 0) is 24.3 Å². The third kappa shape index (κ3) is 4.28. The van der Waals surface area contributed by atoms with E-state index in [4.69, 9.17) is 16.3 Å². The zero-order valence-corrected chi connectivity index (χ0v) is 17.4. The van der Waals surface area contributed by atoms with Gasteiger partial charge in [-0.2, -0.15) is 0 Å². The molecule has 1 saturated heterocycles. The number of amides is 2. The molecule has 160 valence electrons. The molecule has 8 nitrogen and oxygen atoms in total. The van der Waals surface area contributed by atoms with Crippen molar-refractivity contribution < 1.29 is 27.9 Å². The molecule has 1 aliphatic heterocycles. The van der Waals surface area contributed by atoms with E-state index in [0.29, 0.717) is 5.75 Å². The number of nitrogens with one attached hydrogen (secondary N) is 2.